The molecule has 2 rings (SSSR count). The molecule has 2 fully saturated rings. The van der Waals surface area contributed by atoms with Gasteiger partial charge >= 0.3 is 6.18 Å². The van der Waals surface area contributed by atoms with E-state index in [2.05, 4.69) is 10.2 Å². The fraction of sp³-hybridized carbons (Fsp3) is 0.917. The third kappa shape index (κ3) is 4.35. The van der Waals surface area contributed by atoms with Crippen LogP contribution in [0.1, 0.15) is 25.7 Å². The van der Waals surface area contributed by atoms with Gasteiger partial charge in [0.15, 0.2) is 0 Å². The first-order valence-corrected chi connectivity index (χ1v) is 6.63. The minimum absolute atomic E-state index is 0.109. The Morgan fingerprint density at radius 1 is 1.26 bits per heavy atom. The van der Waals surface area contributed by atoms with E-state index in [0.29, 0.717) is 13.2 Å². The first kappa shape index (κ1) is 14.6. The van der Waals surface area contributed by atoms with Gasteiger partial charge in [0.1, 0.15) is 0 Å². The summed E-state index contributed by atoms with van der Waals surface area (Å²) in [5.74, 6) is -0.544. The summed E-state index contributed by atoms with van der Waals surface area (Å²) in [5.41, 5.74) is 0. The van der Waals surface area contributed by atoms with Crippen molar-refractivity contribution in [3.63, 3.8) is 0 Å². The number of carbonyl (C=O) groups is 1. The molecule has 0 unspecified atom stereocenters. The molecule has 0 aromatic heterocycles. The second kappa shape index (κ2) is 6.09. The number of nitrogens with one attached hydrogen (secondary N) is 1. The normalized spacial score (nSPS) is 28.8. The van der Waals surface area contributed by atoms with Gasteiger partial charge in [-0.05, 0) is 25.9 Å². The van der Waals surface area contributed by atoms with Crippen molar-refractivity contribution < 1.29 is 22.7 Å². The molecule has 1 N–H and O–H groups in total. The van der Waals surface area contributed by atoms with E-state index in [1.54, 1.807) is 0 Å². The van der Waals surface area contributed by atoms with E-state index >= 15 is 0 Å². The SMILES string of the molecule is O=C(CCC(F)(F)F)N[C@H]1COC[C@@H]1N1CCCC1. The molecule has 4 nitrogen and oxygen atoms in total. The van der Waals surface area contributed by atoms with Crippen molar-refractivity contribution in [2.45, 2.75) is 43.9 Å². The number of ether oxygens (including phenoxy) is 1. The molecule has 2 aliphatic rings. The van der Waals surface area contributed by atoms with E-state index < -0.39 is 24.9 Å². The zero-order valence-electron chi connectivity index (χ0n) is 10.7. The second-order valence-corrected chi connectivity index (χ2v) is 5.14. The largest absolute Gasteiger partial charge is 0.389 e. The van der Waals surface area contributed by atoms with Crippen LogP contribution in [-0.4, -0.2) is 55.4 Å². The fourth-order valence-electron chi connectivity index (χ4n) is 2.65. The standard InChI is InChI=1S/C12H19F3N2O2/c13-12(14,15)4-3-11(18)16-9-7-19-8-10(9)17-5-1-2-6-17/h9-10H,1-8H2,(H,16,18)/t9-,10-/m0/s1. The van der Waals surface area contributed by atoms with Gasteiger partial charge in [0.05, 0.1) is 31.7 Å². The van der Waals surface area contributed by atoms with Gasteiger partial charge < -0.3 is 10.1 Å². The number of hydrogen-bond donors (Lipinski definition) is 1. The molecule has 110 valence electrons. The Labute approximate surface area is 110 Å². The summed E-state index contributed by atoms with van der Waals surface area (Å²) in [6.07, 6.45) is -3.60. The molecule has 0 aliphatic carbocycles. The highest BCUT2D eigenvalue weighted by atomic mass is 19.4. The van der Waals surface area contributed by atoms with Gasteiger partial charge in [0, 0.05) is 6.42 Å². The third-order valence-corrected chi connectivity index (χ3v) is 3.64. The average Bonchev–Trinajstić information content (AvgIpc) is 2.94. The zero-order valence-corrected chi connectivity index (χ0v) is 10.7. The maximum absolute atomic E-state index is 12.0. The molecule has 0 aromatic carbocycles. The lowest BCUT2D eigenvalue weighted by Gasteiger charge is -2.27. The Morgan fingerprint density at radius 2 is 1.95 bits per heavy atom. The predicted octanol–water partition coefficient (Wildman–Crippen LogP) is 1.31. The number of likely N-dealkylation sites (tertiary alicyclic amines) is 1. The Kier molecular flexibility index (Phi) is 4.67. The summed E-state index contributed by atoms with van der Waals surface area (Å²) in [5, 5.41) is 2.67. The van der Waals surface area contributed by atoms with E-state index in [-0.39, 0.29) is 12.1 Å². The summed E-state index contributed by atoms with van der Waals surface area (Å²) in [7, 11) is 0. The van der Waals surface area contributed by atoms with Crippen molar-refractivity contribution in [1.82, 2.24) is 10.2 Å². The first-order chi connectivity index (χ1) is 8.96. The molecule has 7 heteroatoms. The monoisotopic (exact) mass is 280 g/mol. The maximum atomic E-state index is 12.0. The minimum atomic E-state index is -4.28. The first-order valence-electron chi connectivity index (χ1n) is 6.63. The van der Waals surface area contributed by atoms with Crippen LogP contribution in [-0.2, 0) is 9.53 Å². The Bertz CT molecular complexity index is 317. The molecule has 2 saturated heterocycles. The molecular formula is C12H19F3N2O2. The molecule has 2 atom stereocenters. The molecule has 2 aliphatic heterocycles. The van der Waals surface area contributed by atoms with E-state index in [1.165, 1.54) is 0 Å². The summed E-state index contributed by atoms with van der Waals surface area (Å²) >= 11 is 0. The lowest BCUT2D eigenvalue weighted by atomic mass is 10.1. The van der Waals surface area contributed by atoms with Crippen LogP contribution < -0.4 is 5.32 Å². The molecule has 0 saturated carbocycles. The minimum Gasteiger partial charge on any atom is -0.378 e. The van der Waals surface area contributed by atoms with Crippen LogP contribution in [0.4, 0.5) is 13.2 Å². The van der Waals surface area contributed by atoms with Crippen LogP contribution in [0.2, 0.25) is 0 Å². The number of nitrogens with zero attached hydrogens (tertiary/aromatic N) is 1. The van der Waals surface area contributed by atoms with Crippen molar-refractivity contribution in [3.8, 4) is 0 Å². The van der Waals surface area contributed by atoms with E-state index in [4.69, 9.17) is 4.74 Å². The summed E-state index contributed by atoms with van der Waals surface area (Å²) in [4.78, 5) is 13.8. The van der Waals surface area contributed by atoms with Gasteiger partial charge in [-0.25, -0.2) is 0 Å². The molecule has 0 radical (unpaired) electrons. The molecular weight excluding hydrogens is 261 g/mol. The quantitative estimate of drug-likeness (QED) is 0.844. The van der Waals surface area contributed by atoms with Crippen molar-refractivity contribution in [3.05, 3.63) is 0 Å². The Hall–Kier alpha value is -0.820. The van der Waals surface area contributed by atoms with Crippen LogP contribution in [0.15, 0.2) is 0 Å². The highest BCUT2D eigenvalue weighted by Gasteiger charge is 2.36. The van der Waals surface area contributed by atoms with Crippen molar-refractivity contribution >= 4 is 5.91 Å². The molecule has 0 spiro atoms. The van der Waals surface area contributed by atoms with Gasteiger partial charge in [-0.1, -0.05) is 0 Å². The van der Waals surface area contributed by atoms with Gasteiger partial charge in [0.25, 0.3) is 0 Å². The van der Waals surface area contributed by atoms with Crippen LogP contribution >= 0.6 is 0 Å². The molecule has 0 bridgehead atoms. The Morgan fingerprint density at radius 3 is 2.58 bits per heavy atom. The number of rotatable bonds is 4. The smallest absolute Gasteiger partial charge is 0.378 e. The molecule has 19 heavy (non-hydrogen) atoms. The molecule has 2 heterocycles. The van der Waals surface area contributed by atoms with Crippen molar-refractivity contribution in [2.75, 3.05) is 26.3 Å². The number of carbonyl (C=O) groups excluding carboxylic acids is 1. The lowest BCUT2D eigenvalue weighted by Crippen LogP contribution is -2.50. The van der Waals surface area contributed by atoms with Crippen LogP contribution in [0.5, 0.6) is 0 Å². The van der Waals surface area contributed by atoms with Crippen molar-refractivity contribution in [1.29, 1.82) is 0 Å². The maximum Gasteiger partial charge on any atom is 0.389 e. The number of amides is 1. The fourth-order valence-corrected chi connectivity index (χ4v) is 2.65. The second-order valence-electron chi connectivity index (χ2n) is 5.14. The van der Waals surface area contributed by atoms with Crippen LogP contribution in [0.3, 0.4) is 0 Å². The number of halogens is 3. The highest BCUT2D eigenvalue weighted by molar-refractivity contribution is 5.76. The van der Waals surface area contributed by atoms with E-state index in [1.807, 2.05) is 0 Å². The zero-order chi connectivity index (χ0) is 13.9. The number of alkyl halides is 3. The predicted molar refractivity (Wildman–Crippen MR) is 62.6 cm³/mol. The summed E-state index contributed by atoms with van der Waals surface area (Å²) < 4.78 is 41.5. The molecule has 1 amide bonds. The van der Waals surface area contributed by atoms with Gasteiger partial charge in [-0.2, -0.15) is 13.2 Å². The van der Waals surface area contributed by atoms with E-state index in [9.17, 15) is 18.0 Å². The molecule has 0 aromatic rings. The van der Waals surface area contributed by atoms with Crippen LogP contribution in [0, 0.1) is 0 Å². The topological polar surface area (TPSA) is 41.6 Å². The van der Waals surface area contributed by atoms with Crippen LogP contribution in [0.25, 0.3) is 0 Å². The summed E-state index contributed by atoms with van der Waals surface area (Å²) in [6, 6.07) is -0.0730. The summed E-state index contributed by atoms with van der Waals surface area (Å²) in [6.45, 7) is 2.88. The van der Waals surface area contributed by atoms with E-state index in [0.717, 1.165) is 25.9 Å². The highest BCUT2D eigenvalue weighted by Crippen LogP contribution is 2.22. The average molecular weight is 280 g/mol. The lowest BCUT2D eigenvalue weighted by molar-refractivity contribution is -0.144. The van der Waals surface area contributed by atoms with Gasteiger partial charge in [-0.15, -0.1) is 0 Å². The third-order valence-electron chi connectivity index (χ3n) is 3.64. The van der Waals surface area contributed by atoms with Crippen molar-refractivity contribution in [2.24, 2.45) is 0 Å². The number of hydrogen-bond acceptors (Lipinski definition) is 3. The van der Waals surface area contributed by atoms with Gasteiger partial charge in [-0.3, -0.25) is 9.69 Å². The van der Waals surface area contributed by atoms with Gasteiger partial charge in [0.2, 0.25) is 5.91 Å². The Balaban J connectivity index is 1.78.